The molecule has 1 rings (SSSR count). The van der Waals surface area contributed by atoms with Crippen molar-refractivity contribution in [3.63, 3.8) is 0 Å². The number of rotatable bonds is 3. The van der Waals surface area contributed by atoms with Crippen LogP contribution in [0.3, 0.4) is 0 Å². The van der Waals surface area contributed by atoms with Crippen molar-refractivity contribution < 1.29 is 14.8 Å². The van der Waals surface area contributed by atoms with Crippen LogP contribution in [0.25, 0.3) is 6.08 Å². The van der Waals surface area contributed by atoms with Crippen LogP contribution in [0.4, 0.5) is 5.69 Å². The first-order valence-electron chi connectivity index (χ1n) is 3.86. The molecule has 0 saturated heterocycles. The van der Waals surface area contributed by atoms with Gasteiger partial charge in [0.15, 0.2) is 0 Å². The van der Waals surface area contributed by atoms with Crippen molar-refractivity contribution in [1.29, 1.82) is 0 Å². The fraction of sp³-hybridized carbons (Fsp3) is 0. The lowest BCUT2D eigenvalue weighted by Crippen LogP contribution is -1.94. The Morgan fingerprint density at radius 2 is 2.20 bits per heavy atom. The first kappa shape index (κ1) is 11.6. The Morgan fingerprint density at radius 1 is 1.53 bits per heavy atom. The lowest BCUT2D eigenvalue weighted by atomic mass is 10.1. The molecule has 0 aliphatic heterocycles. The van der Waals surface area contributed by atoms with E-state index in [9.17, 15) is 14.9 Å². The van der Waals surface area contributed by atoms with Crippen LogP contribution >= 0.6 is 22.6 Å². The number of nitro benzene ring substituents is 1. The van der Waals surface area contributed by atoms with Gasteiger partial charge in [-0.1, -0.05) is 6.07 Å². The van der Waals surface area contributed by atoms with Gasteiger partial charge >= 0.3 is 5.97 Å². The third-order valence-electron chi connectivity index (χ3n) is 1.62. The van der Waals surface area contributed by atoms with Crippen molar-refractivity contribution in [2.75, 3.05) is 0 Å². The van der Waals surface area contributed by atoms with Gasteiger partial charge in [-0.3, -0.25) is 10.1 Å². The van der Waals surface area contributed by atoms with Crippen LogP contribution in [0.2, 0.25) is 0 Å². The first-order chi connectivity index (χ1) is 7.02. The average molecular weight is 319 g/mol. The van der Waals surface area contributed by atoms with Crippen molar-refractivity contribution in [2.45, 2.75) is 0 Å². The number of aliphatic carboxylic acids is 1. The van der Waals surface area contributed by atoms with E-state index < -0.39 is 10.9 Å². The van der Waals surface area contributed by atoms with Crippen LogP contribution in [0.5, 0.6) is 0 Å². The molecule has 0 unspecified atom stereocenters. The summed E-state index contributed by atoms with van der Waals surface area (Å²) in [6.07, 6.45) is 2.10. The van der Waals surface area contributed by atoms with Gasteiger partial charge in [0.05, 0.1) is 10.5 Å². The predicted molar refractivity (Wildman–Crippen MR) is 62.5 cm³/mol. The van der Waals surface area contributed by atoms with Crippen molar-refractivity contribution in [3.8, 4) is 0 Å². The second kappa shape index (κ2) is 4.87. The zero-order valence-corrected chi connectivity index (χ0v) is 9.54. The van der Waals surface area contributed by atoms with E-state index in [2.05, 4.69) is 0 Å². The number of halogens is 1. The predicted octanol–water partition coefficient (Wildman–Crippen LogP) is 2.30. The maximum Gasteiger partial charge on any atom is 0.328 e. The molecule has 0 atom stereocenters. The van der Waals surface area contributed by atoms with E-state index in [0.717, 1.165) is 6.08 Å². The number of carboxylic acid groups (broad SMARTS) is 1. The highest BCUT2D eigenvalue weighted by Gasteiger charge is 2.13. The van der Waals surface area contributed by atoms with Gasteiger partial charge in [0.25, 0.3) is 5.69 Å². The molecule has 0 aliphatic rings. The van der Waals surface area contributed by atoms with Gasteiger partial charge in [-0.15, -0.1) is 0 Å². The summed E-state index contributed by atoms with van der Waals surface area (Å²) >= 11 is 1.92. The number of carbonyl (C=O) groups is 1. The molecule has 5 nitrogen and oxygen atoms in total. The summed E-state index contributed by atoms with van der Waals surface area (Å²) < 4.78 is 0.638. The highest BCUT2D eigenvalue weighted by Crippen LogP contribution is 2.24. The fourth-order valence-electron chi connectivity index (χ4n) is 1.00. The zero-order valence-electron chi connectivity index (χ0n) is 7.38. The molecule has 1 N–H and O–H groups in total. The molecule has 6 heteroatoms. The molecule has 0 aromatic heterocycles. The van der Waals surface area contributed by atoms with Crippen LogP contribution in [0, 0.1) is 13.7 Å². The molecule has 0 saturated carbocycles. The second-order valence-electron chi connectivity index (χ2n) is 2.60. The summed E-state index contributed by atoms with van der Waals surface area (Å²) in [5.74, 6) is -1.14. The van der Waals surface area contributed by atoms with Gasteiger partial charge in [0.1, 0.15) is 0 Å². The van der Waals surface area contributed by atoms with E-state index in [1.54, 1.807) is 12.1 Å². The highest BCUT2D eigenvalue weighted by atomic mass is 127. The van der Waals surface area contributed by atoms with E-state index in [1.807, 2.05) is 22.6 Å². The van der Waals surface area contributed by atoms with Crippen molar-refractivity contribution in [3.05, 3.63) is 43.5 Å². The number of benzene rings is 1. The van der Waals surface area contributed by atoms with E-state index in [-0.39, 0.29) is 5.69 Å². The molecule has 0 amide bonds. The molecule has 0 radical (unpaired) electrons. The minimum absolute atomic E-state index is 0.0978. The Labute approximate surface area is 98.7 Å². The van der Waals surface area contributed by atoms with Gasteiger partial charge in [0, 0.05) is 15.7 Å². The van der Waals surface area contributed by atoms with Crippen molar-refractivity contribution in [1.82, 2.24) is 0 Å². The normalized spacial score (nSPS) is 10.5. The maximum absolute atomic E-state index is 10.6. The Morgan fingerprint density at radius 3 is 2.73 bits per heavy atom. The lowest BCUT2D eigenvalue weighted by Gasteiger charge is -1.99. The van der Waals surface area contributed by atoms with E-state index in [0.29, 0.717) is 9.13 Å². The number of hydrogen-bond donors (Lipinski definition) is 1. The van der Waals surface area contributed by atoms with Crippen LogP contribution in [0.1, 0.15) is 5.56 Å². The summed E-state index contributed by atoms with van der Waals surface area (Å²) in [6.45, 7) is 0. The number of carboxylic acids is 1. The van der Waals surface area contributed by atoms with Crippen LogP contribution in [-0.4, -0.2) is 16.0 Å². The molecule has 0 aliphatic carbocycles. The largest absolute Gasteiger partial charge is 0.478 e. The van der Waals surface area contributed by atoms with Crippen LogP contribution in [-0.2, 0) is 4.79 Å². The standard InChI is InChI=1S/C9H6INO4/c10-7-2-1-3-8(11(14)15)6(7)4-5-9(12)13/h1-5H,(H,12,13)/b5-4+. The number of hydrogen-bond acceptors (Lipinski definition) is 3. The minimum atomic E-state index is -1.14. The van der Waals surface area contributed by atoms with Gasteiger partial charge in [-0.25, -0.2) is 4.79 Å². The quantitative estimate of drug-likeness (QED) is 0.401. The highest BCUT2D eigenvalue weighted by molar-refractivity contribution is 14.1. The number of nitro groups is 1. The molecule has 15 heavy (non-hydrogen) atoms. The zero-order chi connectivity index (χ0) is 11.4. The molecule has 0 fully saturated rings. The molecular formula is C9H6INO4. The first-order valence-corrected chi connectivity index (χ1v) is 4.94. The molecule has 0 heterocycles. The Kier molecular flexibility index (Phi) is 3.78. The summed E-state index contributed by atoms with van der Waals surface area (Å²) in [5, 5.41) is 19.1. The van der Waals surface area contributed by atoms with Gasteiger partial charge < -0.3 is 5.11 Å². The van der Waals surface area contributed by atoms with Crippen molar-refractivity contribution >= 4 is 40.3 Å². The second-order valence-corrected chi connectivity index (χ2v) is 3.76. The van der Waals surface area contributed by atoms with Gasteiger partial charge in [-0.05, 0) is 34.7 Å². The molecule has 0 bridgehead atoms. The molecular weight excluding hydrogens is 313 g/mol. The monoisotopic (exact) mass is 319 g/mol. The van der Waals surface area contributed by atoms with Gasteiger partial charge in [0.2, 0.25) is 0 Å². The Hall–Kier alpha value is -1.44. The van der Waals surface area contributed by atoms with Crippen molar-refractivity contribution in [2.24, 2.45) is 0 Å². The molecule has 1 aromatic carbocycles. The van der Waals surface area contributed by atoms with Crippen LogP contribution in [0.15, 0.2) is 24.3 Å². The molecule has 78 valence electrons. The minimum Gasteiger partial charge on any atom is -0.478 e. The summed E-state index contributed by atoms with van der Waals surface area (Å²) in [5.41, 5.74) is 0.213. The third-order valence-corrected chi connectivity index (χ3v) is 2.56. The fourth-order valence-corrected chi connectivity index (χ4v) is 1.67. The van der Waals surface area contributed by atoms with Gasteiger partial charge in [-0.2, -0.15) is 0 Å². The summed E-state index contributed by atoms with van der Waals surface area (Å²) in [7, 11) is 0. The maximum atomic E-state index is 10.6. The molecule has 1 aromatic rings. The molecule has 0 spiro atoms. The SMILES string of the molecule is O=C(O)/C=C/c1c(I)cccc1[N+](=O)[O-]. The van der Waals surface area contributed by atoms with E-state index in [4.69, 9.17) is 5.11 Å². The lowest BCUT2D eigenvalue weighted by molar-refractivity contribution is -0.385. The van der Waals surface area contributed by atoms with E-state index >= 15 is 0 Å². The summed E-state index contributed by atoms with van der Waals surface area (Å²) in [6, 6.07) is 4.57. The third kappa shape index (κ3) is 3.01. The smallest absolute Gasteiger partial charge is 0.328 e. The van der Waals surface area contributed by atoms with E-state index in [1.165, 1.54) is 12.1 Å². The topological polar surface area (TPSA) is 80.4 Å². The Bertz CT molecular complexity index is 442. The summed E-state index contributed by atoms with van der Waals surface area (Å²) in [4.78, 5) is 20.4. The Balaban J connectivity index is 3.25. The average Bonchev–Trinajstić information content (AvgIpc) is 2.15. The van der Waals surface area contributed by atoms with Crippen LogP contribution < -0.4 is 0 Å². The number of nitrogens with zero attached hydrogens (tertiary/aromatic N) is 1.